The molecule has 134 valence electrons. The number of carbonyl (C=O) groups excluding carboxylic acids is 3. The number of rotatable bonds is 3. The third-order valence-electron chi connectivity index (χ3n) is 5.28. The third-order valence-corrected chi connectivity index (χ3v) is 5.57. The minimum atomic E-state index is -1.32. The number of hydrogen-bond acceptors (Lipinski definition) is 5. The highest BCUT2D eigenvalue weighted by molar-refractivity contribution is 6.30. The minimum Gasteiger partial charge on any atom is -0.468 e. The fourth-order valence-electron chi connectivity index (χ4n) is 3.98. The zero-order chi connectivity index (χ0) is 18.5. The second kappa shape index (κ2) is 6.07. The highest BCUT2D eigenvalue weighted by atomic mass is 35.5. The number of methoxy groups -OCH3 is 1. The van der Waals surface area contributed by atoms with Crippen molar-refractivity contribution in [3.8, 4) is 0 Å². The van der Waals surface area contributed by atoms with Crippen LogP contribution in [0.3, 0.4) is 0 Å². The largest absolute Gasteiger partial charge is 0.468 e. The van der Waals surface area contributed by atoms with Crippen LogP contribution in [0.4, 0.5) is 4.39 Å². The van der Waals surface area contributed by atoms with E-state index in [4.69, 9.17) is 16.3 Å². The van der Waals surface area contributed by atoms with Gasteiger partial charge in [-0.2, -0.15) is 0 Å². The zero-order valence-electron chi connectivity index (χ0n) is 14.0. The lowest BCUT2D eigenvalue weighted by Gasteiger charge is -2.30. The van der Waals surface area contributed by atoms with Crippen molar-refractivity contribution in [1.82, 2.24) is 10.2 Å². The summed E-state index contributed by atoms with van der Waals surface area (Å²) in [6, 6.07) is 3.45. The Morgan fingerprint density at radius 1 is 1.40 bits per heavy atom. The molecule has 6 nitrogen and oxygen atoms in total. The Morgan fingerprint density at radius 2 is 2.08 bits per heavy atom. The van der Waals surface area contributed by atoms with Crippen molar-refractivity contribution in [2.45, 2.75) is 24.9 Å². The molecule has 1 N–H and O–H groups in total. The molecule has 1 aromatic carbocycles. The molecule has 2 aliphatic heterocycles. The first-order chi connectivity index (χ1) is 11.8. The summed E-state index contributed by atoms with van der Waals surface area (Å²) in [5.41, 5.74) is -0.778. The quantitative estimate of drug-likeness (QED) is 0.649. The number of imide groups is 1. The van der Waals surface area contributed by atoms with Gasteiger partial charge in [0.05, 0.1) is 24.0 Å². The first-order valence-corrected chi connectivity index (χ1v) is 8.28. The van der Waals surface area contributed by atoms with Crippen LogP contribution in [-0.2, 0) is 19.1 Å². The molecular weight excluding hydrogens is 351 g/mol. The molecule has 2 aliphatic rings. The van der Waals surface area contributed by atoms with Gasteiger partial charge in [0, 0.05) is 13.1 Å². The Kier molecular flexibility index (Phi) is 4.33. The predicted octanol–water partition coefficient (Wildman–Crippen LogP) is 1.68. The minimum absolute atomic E-state index is 0.0898. The third kappa shape index (κ3) is 2.37. The lowest BCUT2D eigenvalue weighted by atomic mass is 9.78. The van der Waals surface area contributed by atoms with E-state index in [0.717, 1.165) is 4.90 Å². The summed E-state index contributed by atoms with van der Waals surface area (Å²) in [4.78, 5) is 38.9. The van der Waals surface area contributed by atoms with Crippen LogP contribution in [0.15, 0.2) is 18.2 Å². The number of benzene rings is 1. The Bertz CT molecular complexity index is 771. The maximum atomic E-state index is 13.5. The molecule has 0 bridgehead atoms. The molecule has 0 spiro atoms. The Balaban J connectivity index is 2.14. The van der Waals surface area contributed by atoms with Gasteiger partial charge >= 0.3 is 5.97 Å². The van der Waals surface area contributed by atoms with E-state index in [-0.39, 0.29) is 17.4 Å². The SMILES string of the molecule is CC[C@]1(C(=O)OC)N[C@@H](c2ccc(F)c(Cl)c2)[C@H]2C(=O)N(C)C(=O)[C@H]21. The molecule has 3 rings (SSSR count). The van der Waals surface area contributed by atoms with Crippen molar-refractivity contribution in [2.75, 3.05) is 14.2 Å². The van der Waals surface area contributed by atoms with Crippen molar-refractivity contribution in [3.63, 3.8) is 0 Å². The summed E-state index contributed by atoms with van der Waals surface area (Å²) in [6.07, 6.45) is 0.263. The fraction of sp³-hybridized carbons (Fsp3) is 0.471. The Morgan fingerprint density at radius 3 is 2.64 bits per heavy atom. The average Bonchev–Trinajstić information content (AvgIpc) is 3.07. The van der Waals surface area contributed by atoms with Crippen LogP contribution >= 0.6 is 11.6 Å². The van der Waals surface area contributed by atoms with E-state index in [1.807, 2.05) is 0 Å². The summed E-state index contributed by atoms with van der Waals surface area (Å²) < 4.78 is 18.4. The molecule has 0 aromatic heterocycles. The summed E-state index contributed by atoms with van der Waals surface area (Å²) in [5, 5.41) is 3.04. The maximum absolute atomic E-state index is 13.5. The van der Waals surface area contributed by atoms with Gasteiger partial charge in [-0.05, 0) is 24.1 Å². The van der Waals surface area contributed by atoms with Crippen LogP contribution in [-0.4, -0.2) is 42.4 Å². The number of carbonyl (C=O) groups is 3. The monoisotopic (exact) mass is 368 g/mol. The van der Waals surface area contributed by atoms with Crippen molar-refractivity contribution >= 4 is 29.4 Å². The average molecular weight is 369 g/mol. The number of amides is 2. The van der Waals surface area contributed by atoms with Gasteiger partial charge in [0.15, 0.2) is 0 Å². The van der Waals surface area contributed by atoms with Crippen molar-refractivity contribution in [3.05, 3.63) is 34.6 Å². The van der Waals surface area contributed by atoms with E-state index in [1.54, 1.807) is 6.92 Å². The molecule has 2 saturated heterocycles. The van der Waals surface area contributed by atoms with Crippen LogP contribution in [0.2, 0.25) is 5.02 Å². The molecule has 0 aliphatic carbocycles. The molecule has 2 heterocycles. The number of likely N-dealkylation sites (tertiary alicyclic amines) is 1. The van der Waals surface area contributed by atoms with Gasteiger partial charge in [-0.15, -0.1) is 0 Å². The van der Waals surface area contributed by atoms with Crippen LogP contribution in [0.5, 0.6) is 0 Å². The van der Waals surface area contributed by atoms with Crippen LogP contribution < -0.4 is 5.32 Å². The summed E-state index contributed by atoms with van der Waals surface area (Å²) >= 11 is 5.87. The highest BCUT2D eigenvalue weighted by Gasteiger charge is 2.67. The molecule has 0 radical (unpaired) electrons. The van der Waals surface area contributed by atoms with E-state index in [9.17, 15) is 18.8 Å². The lowest BCUT2D eigenvalue weighted by molar-refractivity contribution is -0.154. The second-order valence-corrected chi connectivity index (χ2v) is 6.76. The molecule has 1 aromatic rings. The molecule has 0 saturated carbocycles. The number of esters is 1. The molecule has 4 atom stereocenters. The Labute approximate surface area is 149 Å². The lowest BCUT2D eigenvalue weighted by Crippen LogP contribution is -2.55. The van der Waals surface area contributed by atoms with Gasteiger partial charge in [-0.1, -0.05) is 24.6 Å². The topological polar surface area (TPSA) is 75.7 Å². The van der Waals surface area contributed by atoms with Gasteiger partial charge in [0.1, 0.15) is 11.4 Å². The zero-order valence-corrected chi connectivity index (χ0v) is 14.8. The Hall–Kier alpha value is -1.99. The number of nitrogens with one attached hydrogen (secondary N) is 1. The van der Waals surface area contributed by atoms with E-state index in [1.165, 1.54) is 32.4 Å². The van der Waals surface area contributed by atoms with Gasteiger partial charge < -0.3 is 4.74 Å². The van der Waals surface area contributed by atoms with Gasteiger partial charge in [0.25, 0.3) is 0 Å². The maximum Gasteiger partial charge on any atom is 0.326 e. The van der Waals surface area contributed by atoms with Gasteiger partial charge in [-0.3, -0.25) is 24.6 Å². The van der Waals surface area contributed by atoms with Crippen molar-refractivity contribution in [2.24, 2.45) is 11.8 Å². The summed E-state index contributed by atoms with van der Waals surface area (Å²) in [7, 11) is 2.64. The smallest absolute Gasteiger partial charge is 0.326 e. The van der Waals surface area contributed by atoms with E-state index in [2.05, 4.69) is 5.32 Å². The van der Waals surface area contributed by atoms with Gasteiger partial charge in [0.2, 0.25) is 11.8 Å². The van der Waals surface area contributed by atoms with Crippen molar-refractivity contribution < 1.29 is 23.5 Å². The number of fused-ring (bicyclic) bond motifs is 1. The molecule has 0 unspecified atom stereocenters. The first-order valence-electron chi connectivity index (χ1n) is 7.91. The van der Waals surface area contributed by atoms with Gasteiger partial charge in [-0.25, -0.2) is 4.39 Å². The number of hydrogen-bond donors (Lipinski definition) is 1. The standard InChI is InChI=1S/C17H18ClFN2O4/c1-4-17(16(24)25-3)12-11(14(22)21(2)15(12)23)13(20-17)8-5-6-10(19)9(18)7-8/h5-7,11-13,20H,4H2,1-3H3/t11-,12-,13-,17-/m0/s1. The fourth-order valence-corrected chi connectivity index (χ4v) is 4.17. The summed E-state index contributed by atoms with van der Waals surface area (Å²) in [6.45, 7) is 1.75. The van der Waals surface area contributed by atoms with E-state index < -0.39 is 41.1 Å². The van der Waals surface area contributed by atoms with E-state index in [0.29, 0.717) is 5.56 Å². The van der Waals surface area contributed by atoms with Crippen LogP contribution in [0, 0.1) is 17.7 Å². The molecule has 2 fully saturated rings. The predicted molar refractivity (Wildman–Crippen MR) is 87.1 cm³/mol. The number of ether oxygens (including phenoxy) is 1. The van der Waals surface area contributed by atoms with Crippen molar-refractivity contribution in [1.29, 1.82) is 0 Å². The van der Waals surface area contributed by atoms with E-state index >= 15 is 0 Å². The summed E-state index contributed by atoms with van der Waals surface area (Å²) in [5.74, 6) is -3.65. The van der Waals surface area contributed by atoms with Crippen LogP contribution in [0.25, 0.3) is 0 Å². The molecular formula is C17H18ClFN2O4. The normalized spacial score (nSPS) is 31.4. The molecule has 25 heavy (non-hydrogen) atoms. The highest BCUT2D eigenvalue weighted by Crippen LogP contribution is 2.50. The second-order valence-electron chi connectivity index (χ2n) is 6.35. The van der Waals surface area contributed by atoms with Crippen LogP contribution in [0.1, 0.15) is 24.9 Å². The number of halogens is 2. The molecule has 8 heteroatoms. The number of nitrogens with zero attached hydrogens (tertiary/aromatic N) is 1. The molecule has 2 amide bonds. The first kappa shape index (κ1) is 17.8.